The van der Waals surface area contributed by atoms with Crippen molar-refractivity contribution in [2.75, 3.05) is 33.7 Å². The normalized spacial score (nSPS) is 10.2. The highest BCUT2D eigenvalue weighted by Crippen LogP contribution is 2.28. The maximum atomic E-state index is 11.5. The maximum absolute atomic E-state index is 11.5. The molecule has 0 amide bonds. The van der Waals surface area contributed by atoms with Gasteiger partial charge >= 0.3 is 0 Å². The van der Waals surface area contributed by atoms with Crippen LogP contribution in [0, 0.1) is 0 Å². The average molecular weight is 275 g/mol. The fourth-order valence-corrected chi connectivity index (χ4v) is 1.39. The van der Waals surface area contributed by atoms with Gasteiger partial charge in [-0.05, 0) is 18.2 Å². The minimum Gasteiger partial charge on any atom is -0.464 e. The van der Waals surface area contributed by atoms with Crippen LogP contribution in [0.15, 0.2) is 18.2 Å². The Morgan fingerprint density at radius 2 is 1.72 bits per heavy atom. The molecule has 0 N–H and O–H groups in total. The molecule has 0 unspecified atom stereocenters. The first kappa shape index (κ1) is 14.8. The van der Waals surface area contributed by atoms with Crippen molar-refractivity contribution in [3.8, 4) is 11.5 Å². The lowest BCUT2D eigenvalue weighted by Gasteiger charge is -2.12. The summed E-state index contributed by atoms with van der Waals surface area (Å²) in [5.74, 6) is 0.615. The fourth-order valence-electron chi connectivity index (χ4n) is 1.24. The van der Waals surface area contributed by atoms with Gasteiger partial charge in [-0.1, -0.05) is 0 Å². The van der Waals surface area contributed by atoms with E-state index in [0.717, 1.165) is 0 Å². The van der Waals surface area contributed by atoms with Crippen LogP contribution in [0.25, 0.3) is 0 Å². The summed E-state index contributed by atoms with van der Waals surface area (Å²) >= 11 is 5.50. The van der Waals surface area contributed by atoms with Crippen LogP contribution in [0.1, 0.15) is 10.4 Å². The van der Waals surface area contributed by atoms with E-state index in [0.29, 0.717) is 17.1 Å². The number of rotatable bonds is 8. The molecule has 1 rings (SSSR count). The quantitative estimate of drug-likeness (QED) is 0.413. The first-order chi connectivity index (χ1) is 8.72. The zero-order chi connectivity index (χ0) is 13.4. The molecule has 0 aromatic heterocycles. The summed E-state index contributed by atoms with van der Waals surface area (Å²) in [6, 6.07) is 4.81. The van der Waals surface area contributed by atoms with E-state index in [-0.39, 0.29) is 25.2 Å². The molecule has 0 aliphatic heterocycles. The van der Waals surface area contributed by atoms with Crippen LogP contribution in [0.2, 0.25) is 0 Å². The zero-order valence-electron chi connectivity index (χ0n) is 10.3. The van der Waals surface area contributed by atoms with Gasteiger partial charge in [-0.15, -0.1) is 11.6 Å². The number of hydrogen-bond acceptors (Lipinski definition) is 5. The highest BCUT2D eigenvalue weighted by molar-refractivity contribution is 6.30. The number of Topliss-reactive ketones (excluding diaryl/α,β-unsaturated/α-hetero) is 1. The van der Waals surface area contributed by atoms with Gasteiger partial charge in [0, 0.05) is 19.8 Å². The summed E-state index contributed by atoms with van der Waals surface area (Å²) < 4.78 is 20.2. The Hall–Kier alpha value is -1.30. The molecule has 0 aliphatic rings. The third kappa shape index (κ3) is 4.18. The van der Waals surface area contributed by atoms with Crippen molar-refractivity contribution in [3.05, 3.63) is 23.8 Å². The summed E-state index contributed by atoms with van der Waals surface area (Å²) in [5.41, 5.74) is 0.459. The zero-order valence-corrected chi connectivity index (χ0v) is 11.0. The lowest BCUT2D eigenvalue weighted by atomic mass is 10.1. The second-order valence-electron chi connectivity index (χ2n) is 3.32. The third-order valence-corrected chi connectivity index (χ3v) is 2.29. The summed E-state index contributed by atoms with van der Waals surface area (Å²) in [6.07, 6.45) is 0. The van der Waals surface area contributed by atoms with Crippen molar-refractivity contribution in [2.45, 2.75) is 0 Å². The highest BCUT2D eigenvalue weighted by Gasteiger charge is 2.11. The molecule has 1 aromatic carbocycles. The second-order valence-corrected chi connectivity index (χ2v) is 3.59. The third-order valence-electron chi connectivity index (χ3n) is 2.05. The van der Waals surface area contributed by atoms with Gasteiger partial charge in [0.1, 0.15) is 0 Å². The molecule has 0 heterocycles. The molecular weight excluding hydrogens is 260 g/mol. The monoisotopic (exact) mass is 274 g/mol. The molecule has 0 saturated heterocycles. The van der Waals surface area contributed by atoms with E-state index in [1.54, 1.807) is 18.2 Å². The van der Waals surface area contributed by atoms with E-state index >= 15 is 0 Å². The highest BCUT2D eigenvalue weighted by atomic mass is 35.5. The largest absolute Gasteiger partial charge is 0.464 e. The molecule has 1 aromatic rings. The molecule has 0 aliphatic carbocycles. The Bertz CT molecular complexity index is 394. The Morgan fingerprint density at radius 1 is 1.11 bits per heavy atom. The van der Waals surface area contributed by atoms with Crippen LogP contribution < -0.4 is 9.47 Å². The van der Waals surface area contributed by atoms with Gasteiger partial charge in [0.2, 0.25) is 0 Å². The van der Waals surface area contributed by atoms with Crippen molar-refractivity contribution in [2.24, 2.45) is 0 Å². The van der Waals surface area contributed by atoms with E-state index in [1.165, 1.54) is 14.2 Å². The number of alkyl halides is 1. The van der Waals surface area contributed by atoms with Crippen LogP contribution in [0.5, 0.6) is 11.5 Å². The van der Waals surface area contributed by atoms with Crippen molar-refractivity contribution < 1.29 is 23.7 Å². The smallest absolute Gasteiger partial charge is 0.188 e. The lowest BCUT2D eigenvalue weighted by molar-refractivity contribution is 0.0322. The van der Waals surface area contributed by atoms with Crippen LogP contribution >= 0.6 is 11.6 Å². The standard InChI is InChI=1S/C12H15ClO5/c1-15-7-17-11-4-3-9(10(14)6-13)5-12(11)18-8-16-2/h3-5H,6-8H2,1-2H3. The minimum absolute atomic E-state index is 0.0574. The Labute approximate surface area is 111 Å². The Balaban J connectivity index is 2.92. The average Bonchev–Trinajstić information content (AvgIpc) is 2.42. The SMILES string of the molecule is COCOc1ccc(C(=O)CCl)cc1OCOC. The van der Waals surface area contributed by atoms with Crippen LogP contribution in [0.3, 0.4) is 0 Å². The summed E-state index contributed by atoms with van der Waals surface area (Å²) in [7, 11) is 3.02. The lowest BCUT2D eigenvalue weighted by Crippen LogP contribution is -2.06. The number of ketones is 1. The number of ether oxygens (including phenoxy) is 4. The van der Waals surface area contributed by atoms with Crippen molar-refractivity contribution >= 4 is 17.4 Å². The van der Waals surface area contributed by atoms with Gasteiger partial charge in [0.05, 0.1) is 5.88 Å². The predicted molar refractivity (Wildman–Crippen MR) is 66.5 cm³/mol. The molecular formula is C12H15ClO5. The minimum atomic E-state index is -0.183. The topological polar surface area (TPSA) is 54.0 Å². The Morgan fingerprint density at radius 3 is 2.28 bits per heavy atom. The second kappa shape index (κ2) is 7.92. The molecule has 0 radical (unpaired) electrons. The van der Waals surface area contributed by atoms with E-state index < -0.39 is 0 Å². The van der Waals surface area contributed by atoms with Gasteiger partial charge in [0.15, 0.2) is 30.9 Å². The van der Waals surface area contributed by atoms with E-state index in [4.69, 9.17) is 30.5 Å². The Kier molecular flexibility index (Phi) is 6.49. The molecule has 0 saturated carbocycles. The molecule has 100 valence electrons. The number of carbonyl (C=O) groups is 1. The first-order valence-electron chi connectivity index (χ1n) is 5.19. The maximum Gasteiger partial charge on any atom is 0.188 e. The van der Waals surface area contributed by atoms with E-state index in [2.05, 4.69) is 0 Å². The van der Waals surface area contributed by atoms with Crippen LogP contribution in [0.4, 0.5) is 0 Å². The number of carbonyl (C=O) groups excluding carboxylic acids is 1. The number of hydrogen-bond donors (Lipinski definition) is 0. The first-order valence-corrected chi connectivity index (χ1v) is 5.73. The van der Waals surface area contributed by atoms with Gasteiger partial charge in [-0.3, -0.25) is 4.79 Å². The molecule has 0 bridgehead atoms. The van der Waals surface area contributed by atoms with Gasteiger partial charge in [0.25, 0.3) is 0 Å². The fraction of sp³-hybridized carbons (Fsp3) is 0.417. The van der Waals surface area contributed by atoms with Gasteiger partial charge < -0.3 is 18.9 Å². The van der Waals surface area contributed by atoms with Crippen LogP contribution in [-0.4, -0.2) is 39.5 Å². The van der Waals surface area contributed by atoms with Gasteiger partial charge in [-0.2, -0.15) is 0 Å². The molecule has 18 heavy (non-hydrogen) atoms. The molecule has 0 atom stereocenters. The van der Waals surface area contributed by atoms with Gasteiger partial charge in [-0.25, -0.2) is 0 Å². The number of halogens is 1. The summed E-state index contributed by atoms with van der Waals surface area (Å²) in [4.78, 5) is 11.5. The molecule has 0 spiro atoms. The van der Waals surface area contributed by atoms with E-state index in [1.807, 2.05) is 0 Å². The summed E-state index contributed by atoms with van der Waals surface area (Å²) in [6.45, 7) is 0.147. The van der Waals surface area contributed by atoms with Crippen molar-refractivity contribution in [1.82, 2.24) is 0 Å². The van der Waals surface area contributed by atoms with Crippen LogP contribution in [-0.2, 0) is 9.47 Å². The number of benzene rings is 1. The molecule has 5 nitrogen and oxygen atoms in total. The molecule has 0 fully saturated rings. The van der Waals surface area contributed by atoms with E-state index in [9.17, 15) is 4.79 Å². The van der Waals surface area contributed by atoms with Crippen molar-refractivity contribution in [3.63, 3.8) is 0 Å². The summed E-state index contributed by atoms with van der Waals surface area (Å²) in [5, 5.41) is 0. The van der Waals surface area contributed by atoms with Crippen molar-refractivity contribution in [1.29, 1.82) is 0 Å². The predicted octanol–water partition coefficient (Wildman–Crippen LogP) is 2.07. The molecule has 6 heteroatoms. The number of methoxy groups -OCH3 is 2.